The Hall–Kier alpha value is -0.700. The van der Waals surface area contributed by atoms with E-state index in [1.54, 1.807) is 0 Å². The second kappa shape index (κ2) is 6.14. The lowest BCUT2D eigenvalue weighted by molar-refractivity contribution is 0.353. The van der Waals surface area contributed by atoms with E-state index in [-0.39, 0.29) is 12.6 Å². The molecule has 0 aliphatic heterocycles. The molecule has 0 aromatic heterocycles. The number of aryl methyl sites for hydroxylation is 1. The first-order valence-corrected chi connectivity index (χ1v) is 5.79. The molecule has 1 atom stereocenters. The lowest BCUT2D eigenvalue weighted by Gasteiger charge is -2.14. The maximum Gasteiger partial charge on any atom is 0.125 e. The maximum atomic E-state index is 5.85. The first-order valence-electron chi connectivity index (χ1n) is 4.98. The molecule has 0 amide bonds. The normalized spacial score (nSPS) is 13.7. The highest BCUT2D eigenvalue weighted by atomic mass is 35.5. The van der Waals surface area contributed by atoms with Crippen LogP contribution in [0.15, 0.2) is 28.8 Å². The molecule has 0 saturated heterocycles. The highest BCUT2D eigenvalue weighted by Crippen LogP contribution is 2.25. The molecule has 0 unspecified atom stereocenters. The monoisotopic (exact) mass is 259 g/mol. The number of halogens is 2. The molecule has 1 rings (SSSR count). The topological polar surface area (TPSA) is 35.2 Å². The molecule has 0 aliphatic rings. The number of benzene rings is 1. The van der Waals surface area contributed by atoms with Crippen molar-refractivity contribution in [3.63, 3.8) is 0 Å². The second-order valence-corrected chi connectivity index (χ2v) is 4.38. The molecule has 2 nitrogen and oxygen atoms in total. The fourth-order valence-electron chi connectivity index (χ4n) is 1.32. The Kier molecular flexibility index (Phi) is 5.13. The van der Waals surface area contributed by atoms with Crippen molar-refractivity contribution in [2.45, 2.75) is 19.9 Å². The number of nitrogens with two attached hydrogens (primary N) is 1. The van der Waals surface area contributed by atoms with E-state index in [0.717, 1.165) is 16.9 Å². The minimum Gasteiger partial charge on any atom is -0.488 e. The van der Waals surface area contributed by atoms with E-state index in [9.17, 15) is 0 Å². The van der Waals surface area contributed by atoms with Gasteiger partial charge in [-0.3, -0.25) is 0 Å². The molecule has 0 fully saturated rings. The molecule has 1 aromatic carbocycles. The Morgan fingerprint density at radius 2 is 2.25 bits per heavy atom. The highest BCUT2D eigenvalue weighted by Gasteiger charge is 2.08. The molecule has 0 heterocycles. The highest BCUT2D eigenvalue weighted by molar-refractivity contribution is 6.36. The minimum absolute atomic E-state index is 0.0747. The van der Waals surface area contributed by atoms with Crippen LogP contribution in [0.1, 0.15) is 24.1 Å². The van der Waals surface area contributed by atoms with Gasteiger partial charge in [-0.05, 0) is 25.5 Å². The maximum absolute atomic E-state index is 5.85. The third kappa shape index (κ3) is 3.71. The lowest BCUT2D eigenvalue weighted by atomic mass is 10.1. The van der Waals surface area contributed by atoms with Gasteiger partial charge in [-0.25, -0.2) is 0 Å². The molecule has 16 heavy (non-hydrogen) atoms. The van der Waals surface area contributed by atoms with Gasteiger partial charge in [0.15, 0.2) is 0 Å². The van der Waals surface area contributed by atoms with E-state index in [0.29, 0.717) is 5.03 Å². The van der Waals surface area contributed by atoms with Crippen molar-refractivity contribution in [3.05, 3.63) is 39.9 Å². The summed E-state index contributed by atoms with van der Waals surface area (Å²) < 4.78 is 5.57. The predicted molar refractivity (Wildman–Crippen MR) is 69.1 cm³/mol. The molecule has 0 spiro atoms. The van der Waals surface area contributed by atoms with Crippen molar-refractivity contribution in [1.29, 1.82) is 0 Å². The molecule has 88 valence electrons. The predicted octanol–water partition coefficient (Wildman–Crippen LogP) is 3.71. The third-order valence-corrected chi connectivity index (χ3v) is 2.74. The molecule has 0 aliphatic carbocycles. The summed E-state index contributed by atoms with van der Waals surface area (Å²) in [5.41, 5.74) is 9.22. The van der Waals surface area contributed by atoms with Crippen molar-refractivity contribution in [3.8, 4) is 5.75 Å². The van der Waals surface area contributed by atoms with E-state index in [1.807, 2.05) is 32.0 Å². The largest absolute Gasteiger partial charge is 0.488 e. The van der Waals surface area contributed by atoms with Crippen LogP contribution in [0.3, 0.4) is 0 Å². The molecule has 0 radical (unpaired) electrons. The van der Waals surface area contributed by atoms with E-state index < -0.39 is 0 Å². The lowest BCUT2D eigenvalue weighted by Crippen LogP contribution is -2.09. The third-order valence-electron chi connectivity index (χ3n) is 2.14. The average molecular weight is 260 g/mol. The van der Waals surface area contributed by atoms with Crippen LogP contribution in [0.25, 0.3) is 0 Å². The van der Waals surface area contributed by atoms with Gasteiger partial charge in [0.1, 0.15) is 12.4 Å². The number of ether oxygens (including phenoxy) is 1. The van der Waals surface area contributed by atoms with Crippen LogP contribution in [-0.4, -0.2) is 6.61 Å². The van der Waals surface area contributed by atoms with E-state index >= 15 is 0 Å². The summed E-state index contributed by atoms with van der Waals surface area (Å²) in [6.45, 7) is 4.17. The van der Waals surface area contributed by atoms with Gasteiger partial charge < -0.3 is 10.5 Å². The van der Waals surface area contributed by atoms with Crippen LogP contribution in [0.4, 0.5) is 0 Å². The van der Waals surface area contributed by atoms with Gasteiger partial charge in [-0.15, -0.1) is 0 Å². The van der Waals surface area contributed by atoms with Gasteiger partial charge in [0.2, 0.25) is 0 Å². The first kappa shape index (κ1) is 13.4. The Morgan fingerprint density at radius 3 is 2.81 bits per heavy atom. The van der Waals surface area contributed by atoms with E-state index in [1.165, 1.54) is 5.54 Å². The summed E-state index contributed by atoms with van der Waals surface area (Å²) in [6, 6.07) is 5.84. The summed E-state index contributed by atoms with van der Waals surface area (Å²) in [7, 11) is 0. The fourth-order valence-corrected chi connectivity index (χ4v) is 1.44. The van der Waals surface area contributed by atoms with Crippen LogP contribution < -0.4 is 10.5 Å². The van der Waals surface area contributed by atoms with Crippen LogP contribution in [-0.2, 0) is 0 Å². The standard InChI is InChI=1S/C12H15Cl2NO/c1-8-3-4-11(9(2)15)12(5-8)16-7-10(14)6-13/h3-6,9H,7,15H2,1-2H3/t9-/m0/s1. The Balaban J connectivity index is 2.88. The summed E-state index contributed by atoms with van der Waals surface area (Å²) in [5.74, 6) is 0.756. The number of hydrogen-bond acceptors (Lipinski definition) is 2. The van der Waals surface area contributed by atoms with Crippen molar-refractivity contribution in [2.24, 2.45) is 5.73 Å². The fraction of sp³-hybridized carbons (Fsp3) is 0.333. The molecule has 0 saturated carbocycles. The zero-order valence-corrected chi connectivity index (χ0v) is 10.8. The van der Waals surface area contributed by atoms with Crippen LogP contribution >= 0.6 is 23.2 Å². The van der Waals surface area contributed by atoms with Crippen LogP contribution in [0.5, 0.6) is 5.75 Å². The summed E-state index contributed by atoms with van der Waals surface area (Å²) >= 11 is 11.2. The van der Waals surface area contributed by atoms with Crippen molar-refractivity contribution < 1.29 is 4.74 Å². The molecule has 2 N–H and O–H groups in total. The van der Waals surface area contributed by atoms with Gasteiger partial charge >= 0.3 is 0 Å². The molecule has 0 bridgehead atoms. The molecule has 4 heteroatoms. The second-order valence-electron chi connectivity index (χ2n) is 3.67. The summed E-state index contributed by atoms with van der Waals surface area (Å²) in [6.07, 6.45) is 0. The first-order chi connectivity index (χ1) is 7.54. The smallest absolute Gasteiger partial charge is 0.125 e. The molecular weight excluding hydrogens is 245 g/mol. The van der Waals surface area contributed by atoms with Crippen molar-refractivity contribution in [1.82, 2.24) is 0 Å². The van der Waals surface area contributed by atoms with Gasteiger partial charge in [0.05, 0.1) is 5.03 Å². The molecular formula is C12H15Cl2NO. The number of hydrogen-bond donors (Lipinski definition) is 1. The average Bonchev–Trinajstić information content (AvgIpc) is 2.25. The summed E-state index contributed by atoms with van der Waals surface area (Å²) in [4.78, 5) is 0. The van der Waals surface area contributed by atoms with Gasteiger partial charge in [-0.2, -0.15) is 0 Å². The summed E-state index contributed by atoms with van der Waals surface area (Å²) in [5, 5.41) is 0.457. The van der Waals surface area contributed by atoms with Crippen molar-refractivity contribution >= 4 is 23.2 Å². The Bertz CT molecular complexity index is 389. The van der Waals surface area contributed by atoms with E-state index in [2.05, 4.69) is 0 Å². The zero-order valence-electron chi connectivity index (χ0n) is 9.34. The van der Waals surface area contributed by atoms with E-state index in [4.69, 9.17) is 33.7 Å². The van der Waals surface area contributed by atoms with Crippen LogP contribution in [0.2, 0.25) is 0 Å². The number of rotatable bonds is 4. The van der Waals surface area contributed by atoms with Gasteiger partial charge in [0.25, 0.3) is 0 Å². The SMILES string of the molecule is Cc1ccc([C@H](C)N)c(OCC(Cl)=CCl)c1. The quantitative estimate of drug-likeness (QED) is 0.895. The minimum atomic E-state index is -0.0747. The molecule has 1 aromatic rings. The van der Waals surface area contributed by atoms with Crippen LogP contribution in [0, 0.1) is 6.92 Å². The zero-order chi connectivity index (χ0) is 12.1. The van der Waals surface area contributed by atoms with Gasteiger partial charge in [0, 0.05) is 17.1 Å². The Morgan fingerprint density at radius 1 is 1.56 bits per heavy atom. The Labute approximate surface area is 106 Å². The van der Waals surface area contributed by atoms with Crippen molar-refractivity contribution in [2.75, 3.05) is 6.61 Å². The van der Waals surface area contributed by atoms with Gasteiger partial charge in [-0.1, -0.05) is 35.3 Å².